The fourth-order valence-electron chi connectivity index (χ4n) is 2.51. The van der Waals surface area contributed by atoms with Gasteiger partial charge in [0.2, 0.25) is 11.8 Å². The molecule has 5 heteroatoms. The molecule has 0 unspecified atom stereocenters. The van der Waals surface area contributed by atoms with Crippen molar-refractivity contribution in [2.75, 3.05) is 7.05 Å². The summed E-state index contributed by atoms with van der Waals surface area (Å²) in [6, 6.07) is 12.0. The minimum absolute atomic E-state index is 0.0346. The SMILES string of the molecule is Cc1ccccc1CN(C)C(=O)Cc1nc(-c2cccs2)oc1C. The number of carbonyl (C=O) groups is 1. The van der Waals surface area contributed by atoms with Gasteiger partial charge in [-0.25, -0.2) is 4.98 Å². The first-order valence-corrected chi connectivity index (χ1v) is 8.71. The Hall–Kier alpha value is -2.40. The van der Waals surface area contributed by atoms with Crippen LogP contribution in [0.3, 0.4) is 0 Å². The van der Waals surface area contributed by atoms with Crippen molar-refractivity contribution in [1.29, 1.82) is 0 Å². The van der Waals surface area contributed by atoms with E-state index in [1.165, 1.54) is 5.56 Å². The minimum atomic E-state index is 0.0346. The molecule has 0 fully saturated rings. The van der Waals surface area contributed by atoms with Crippen LogP contribution in [0.5, 0.6) is 0 Å². The van der Waals surface area contributed by atoms with Crippen LogP contribution in [0.15, 0.2) is 46.2 Å². The van der Waals surface area contributed by atoms with Gasteiger partial charge in [-0.1, -0.05) is 30.3 Å². The third kappa shape index (κ3) is 3.57. The highest BCUT2D eigenvalue weighted by atomic mass is 32.1. The van der Waals surface area contributed by atoms with Crippen molar-refractivity contribution >= 4 is 17.2 Å². The third-order valence-electron chi connectivity index (χ3n) is 4.04. The van der Waals surface area contributed by atoms with E-state index in [9.17, 15) is 4.79 Å². The normalized spacial score (nSPS) is 10.8. The summed E-state index contributed by atoms with van der Waals surface area (Å²) in [5.74, 6) is 1.33. The third-order valence-corrected chi connectivity index (χ3v) is 4.90. The summed E-state index contributed by atoms with van der Waals surface area (Å²) < 4.78 is 5.71. The van der Waals surface area contributed by atoms with Crippen LogP contribution in [-0.2, 0) is 17.8 Å². The summed E-state index contributed by atoms with van der Waals surface area (Å²) in [5.41, 5.74) is 3.05. The highest BCUT2D eigenvalue weighted by Gasteiger charge is 2.18. The molecule has 1 aromatic carbocycles. The Kier molecular flexibility index (Phi) is 4.81. The number of nitrogens with zero attached hydrogens (tertiary/aromatic N) is 2. The van der Waals surface area contributed by atoms with Crippen LogP contribution >= 0.6 is 11.3 Å². The number of hydrogen-bond acceptors (Lipinski definition) is 4. The van der Waals surface area contributed by atoms with E-state index in [4.69, 9.17) is 4.42 Å². The molecule has 2 aromatic heterocycles. The summed E-state index contributed by atoms with van der Waals surface area (Å²) in [7, 11) is 1.82. The predicted octanol–water partition coefficient (Wildman–Crippen LogP) is 4.22. The van der Waals surface area contributed by atoms with Crippen LogP contribution in [0.4, 0.5) is 0 Å². The van der Waals surface area contributed by atoms with Gasteiger partial charge in [0.25, 0.3) is 0 Å². The summed E-state index contributed by atoms with van der Waals surface area (Å²) >= 11 is 1.58. The van der Waals surface area contributed by atoms with E-state index in [0.29, 0.717) is 23.9 Å². The molecular formula is C19H20N2O2S. The molecule has 1 amide bonds. The smallest absolute Gasteiger partial charge is 0.236 e. The van der Waals surface area contributed by atoms with Gasteiger partial charge in [-0.05, 0) is 36.4 Å². The molecule has 0 N–H and O–H groups in total. The molecule has 0 bridgehead atoms. The Morgan fingerprint density at radius 2 is 2.00 bits per heavy atom. The molecule has 24 heavy (non-hydrogen) atoms. The number of benzene rings is 1. The second-order valence-electron chi connectivity index (χ2n) is 5.85. The van der Waals surface area contributed by atoms with Crippen molar-refractivity contribution in [2.45, 2.75) is 26.8 Å². The van der Waals surface area contributed by atoms with Crippen molar-refractivity contribution < 1.29 is 9.21 Å². The van der Waals surface area contributed by atoms with Gasteiger partial charge in [0.1, 0.15) is 5.76 Å². The largest absolute Gasteiger partial charge is 0.440 e. The molecule has 0 spiro atoms. The van der Waals surface area contributed by atoms with Gasteiger partial charge in [0.15, 0.2) is 0 Å². The molecule has 4 nitrogen and oxygen atoms in total. The van der Waals surface area contributed by atoms with Crippen molar-refractivity contribution in [2.24, 2.45) is 0 Å². The zero-order chi connectivity index (χ0) is 17.1. The van der Waals surface area contributed by atoms with Crippen molar-refractivity contribution in [3.8, 4) is 10.8 Å². The lowest BCUT2D eigenvalue weighted by Crippen LogP contribution is -2.28. The summed E-state index contributed by atoms with van der Waals surface area (Å²) in [6.07, 6.45) is 0.253. The molecule has 0 aliphatic rings. The Morgan fingerprint density at radius 3 is 2.71 bits per heavy atom. The maximum Gasteiger partial charge on any atom is 0.236 e. The van der Waals surface area contributed by atoms with Gasteiger partial charge in [-0.3, -0.25) is 4.79 Å². The zero-order valence-electron chi connectivity index (χ0n) is 14.1. The summed E-state index contributed by atoms with van der Waals surface area (Å²) in [5, 5.41) is 1.98. The number of amides is 1. The Labute approximate surface area is 145 Å². The van der Waals surface area contributed by atoms with Gasteiger partial charge in [-0.15, -0.1) is 11.3 Å². The van der Waals surface area contributed by atoms with Gasteiger partial charge in [0.05, 0.1) is 17.0 Å². The lowest BCUT2D eigenvalue weighted by molar-refractivity contribution is -0.129. The molecule has 3 rings (SSSR count). The number of rotatable bonds is 5. The van der Waals surface area contributed by atoms with E-state index in [2.05, 4.69) is 24.0 Å². The van der Waals surface area contributed by atoms with Crippen LogP contribution in [-0.4, -0.2) is 22.8 Å². The Morgan fingerprint density at radius 1 is 1.21 bits per heavy atom. The van der Waals surface area contributed by atoms with Crippen LogP contribution in [0, 0.1) is 13.8 Å². The quantitative estimate of drug-likeness (QED) is 0.698. The zero-order valence-corrected chi connectivity index (χ0v) is 14.9. The first kappa shape index (κ1) is 16.5. The number of aryl methyl sites for hydroxylation is 2. The maximum absolute atomic E-state index is 12.5. The van der Waals surface area contributed by atoms with Crippen molar-refractivity contribution in [1.82, 2.24) is 9.88 Å². The van der Waals surface area contributed by atoms with E-state index >= 15 is 0 Å². The molecule has 124 valence electrons. The molecule has 0 saturated heterocycles. The average molecular weight is 340 g/mol. The number of aromatic nitrogens is 1. The van der Waals surface area contributed by atoms with E-state index in [1.54, 1.807) is 16.2 Å². The second kappa shape index (κ2) is 7.01. The van der Waals surface area contributed by atoms with Crippen LogP contribution in [0.25, 0.3) is 10.8 Å². The van der Waals surface area contributed by atoms with E-state index in [0.717, 1.165) is 10.4 Å². The molecule has 0 aliphatic carbocycles. The fraction of sp³-hybridized carbons (Fsp3) is 0.263. The highest BCUT2D eigenvalue weighted by molar-refractivity contribution is 7.13. The van der Waals surface area contributed by atoms with Gasteiger partial charge >= 0.3 is 0 Å². The molecule has 0 radical (unpaired) electrons. The highest BCUT2D eigenvalue weighted by Crippen LogP contribution is 2.26. The summed E-state index contributed by atoms with van der Waals surface area (Å²) in [6.45, 7) is 4.51. The molecule has 2 heterocycles. The van der Waals surface area contributed by atoms with E-state index < -0.39 is 0 Å². The van der Waals surface area contributed by atoms with Gasteiger partial charge in [-0.2, -0.15) is 0 Å². The maximum atomic E-state index is 12.5. The minimum Gasteiger partial charge on any atom is -0.440 e. The fourth-order valence-corrected chi connectivity index (χ4v) is 3.16. The second-order valence-corrected chi connectivity index (χ2v) is 6.80. The topological polar surface area (TPSA) is 46.3 Å². The molecular weight excluding hydrogens is 320 g/mol. The van der Waals surface area contributed by atoms with Crippen LogP contribution in [0.2, 0.25) is 0 Å². The lowest BCUT2D eigenvalue weighted by atomic mass is 10.1. The van der Waals surface area contributed by atoms with Crippen molar-refractivity contribution in [3.63, 3.8) is 0 Å². The number of thiophene rings is 1. The average Bonchev–Trinajstić information content (AvgIpc) is 3.20. The van der Waals surface area contributed by atoms with Gasteiger partial charge < -0.3 is 9.32 Å². The lowest BCUT2D eigenvalue weighted by Gasteiger charge is -2.18. The Balaban J connectivity index is 1.69. The van der Waals surface area contributed by atoms with Crippen LogP contribution in [0.1, 0.15) is 22.6 Å². The number of likely N-dealkylation sites (N-methyl/N-ethyl adjacent to an activating group) is 1. The molecule has 0 saturated carbocycles. The number of oxazole rings is 1. The number of carbonyl (C=O) groups excluding carboxylic acids is 1. The molecule has 3 aromatic rings. The monoisotopic (exact) mass is 340 g/mol. The van der Waals surface area contributed by atoms with E-state index in [1.807, 2.05) is 43.6 Å². The summed E-state index contributed by atoms with van der Waals surface area (Å²) in [4.78, 5) is 19.7. The number of hydrogen-bond donors (Lipinski definition) is 0. The molecule has 0 atom stereocenters. The van der Waals surface area contributed by atoms with Crippen molar-refractivity contribution in [3.05, 3.63) is 64.4 Å². The van der Waals surface area contributed by atoms with E-state index in [-0.39, 0.29) is 12.3 Å². The molecule has 0 aliphatic heterocycles. The Bertz CT molecular complexity index is 837. The van der Waals surface area contributed by atoms with Gasteiger partial charge in [0, 0.05) is 13.6 Å². The standard InChI is InChI=1S/C19H20N2O2S/c1-13-7-4-5-8-15(13)12-21(3)18(22)11-16-14(2)23-19(20-16)17-9-6-10-24-17/h4-10H,11-12H2,1-3H3. The first-order chi connectivity index (χ1) is 11.5. The van der Waals surface area contributed by atoms with Crippen LogP contribution < -0.4 is 0 Å². The first-order valence-electron chi connectivity index (χ1n) is 7.83. The predicted molar refractivity (Wildman–Crippen MR) is 95.9 cm³/mol.